The zero-order chi connectivity index (χ0) is 14.0. The second kappa shape index (κ2) is 4.97. The molecule has 0 saturated heterocycles. The van der Waals surface area contributed by atoms with Gasteiger partial charge < -0.3 is 15.8 Å². The molecule has 1 heterocycles. The molecule has 6 nitrogen and oxygen atoms in total. The third-order valence-electron chi connectivity index (χ3n) is 2.64. The minimum Gasteiger partial charge on any atom is -0.494 e. The van der Waals surface area contributed by atoms with Crippen molar-refractivity contribution in [2.45, 2.75) is 6.92 Å². The number of H-pyrrole nitrogens is 1. The molecule has 0 aliphatic rings. The fourth-order valence-corrected chi connectivity index (χ4v) is 1.52. The number of benzene rings is 1. The first-order valence-electron chi connectivity index (χ1n) is 5.48. The average molecular weight is 264 g/mol. The molecule has 100 valence electrons. The third kappa shape index (κ3) is 2.49. The molecule has 4 N–H and O–H groups in total. The van der Waals surface area contributed by atoms with Gasteiger partial charge >= 0.3 is 0 Å². The fourth-order valence-electron chi connectivity index (χ4n) is 1.52. The van der Waals surface area contributed by atoms with Gasteiger partial charge in [-0.15, -0.1) is 0 Å². The van der Waals surface area contributed by atoms with Crippen LogP contribution in [0.25, 0.3) is 0 Å². The first-order chi connectivity index (χ1) is 9.02. The number of methoxy groups -OCH3 is 1. The number of anilines is 2. The minimum absolute atomic E-state index is 0.0756. The van der Waals surface area contributed by atoms with E-state index in [4.69, 9.17) is 10.5 Å². The van der Waals surface area contributed by atoms with Crippen LogP contribution >= 0.6 is 0 Å². The number of ether oxygens (including phenoxy) is 1. The Balaban J connectivity index is 2.21. The summed E-state index contributed by atoms with van der Waals surface area (Å²) in [4.78, 5) is 11.9. The smallest absolute Gasteiger partial charge is 0.257 e. The quantitative estimate of drug-likeness (QED) is 0.786. The number of nitrogens with zero attached hydrogens (tertiary/aromatic N) is 1. The van der Waals surface area contributed by atoms with Gasteiger partial charge in [-0.25, -0.2) is 4.39 Å². The lowest BCUT2D eigenvalue weighted by Crippen LogP contribution is -2.13. The van der Waals surface area contributed by atoms with Crippen molar-refractivity contribution in [3.63, 3.8) is 0 Å². The van der Waals surface area contributed by atoms with E-state index in [2.05, 4.69) is 15.5 Å². The van der Waals surface area contributed by atoms with E-state index < -0.39 is 11.7 Å². The van der Waals surface area contributed by atoms with Gasteiger partial charge in [0.2, 0.25) is 0 Å². The van der Waals surface area contributed by atoms with Crippen LogP contribution in [0.1, 0.15) is 16.1 Å². The highest BCUT2D eigenvalue weighted by molar-refractivity contribution is 6.05. The lowest BCUT2D eigenvalue weighted by molar-refractivity contribution is 0.102. The van der Waals surface area contributed by atoms with Gasteiger partial charge in [0, 0.05) is 5.56 Å². The molecule has 19 heavy (non-hydrogen) atoms. The van der Waals surface area contributed by atoms with E-state index in [1.165, 1.54) is 19.2 Å². The summed E-state index contributed by atoms with van der Waals surface area (Å²) < 4.78 is 18.3. The van der Waals surface area contributed by atoms with Crippen molar-refractivity contribution in [1.82, 2.24) is 10.2 Å². The van der Waals surface area contributed by atoms with Crippen LogP contribution in [0.5, 0.6) is 5.75 Å². The number of hydrogen-bond acceptors (Lipinski definition) is 4. The van der Waals surface area contributed by atoms with E-state index in [0.29, 0.717) is 11.4 Å². The highest BCUT2D eigenvalue weighted by Crippen LogP contribution is 2.21. The molecular weight excluding hydrogens is 251 g/mol. The van der Waals surface area contributed by atoms with Gasteiger partial charge in [-0.2, -0.15) is 5.10 Å². The predicted molar refractivity (Wildman–Crippen MR) is 68.6 cm³/mol. The van der Waals surface area contributed by atoms with Crippen LogP contribution in [0, 0.1) is 12.7 Å². The zero-order valence-corrected chi connectivity index (χ0v) is 10.5. The van der Waals surface area contributed by atoms with Crippen molar-refractivity contribution in [3.05, 3.63) is 35.3 Å². The van der Waals surface area contributed by atoms with Crippen LogP contribution in [0.4, 0.5) is 15.9 Å². The number of aromatic nitrogens is 2. The second-order valence-electron chi connectivity index (χ2n) is 3.91. The number of nitrogen functional groups attached to an aromatic ring is 1. The first kappa shape index (κ1) is 12.9. The molecule has 7 heteroatoms. The molecular formula is C12H13FN4O2. The van der Waals surface area contributed by atoms with Gasteiger partial charge in [0.05, 0.1) is 18.5 Å². The molecule has 0 bridgehead atoms. The normalized spacial score (nSPS) is 10.3. The van der Waals surface area contributed by atoms with E-state index in [1.807, 2.05) is 0 Å². The van der Waals surface area contributed by atoms with Crippen LogP contribution in [-0.4, -0.2) is 23.2 Å². The van der Waals surface area contributed by atoms with Crippen LogP contribution < -0.4 is 15.8 Å². The first-order valence-corrected chi connectivity index (χ1v) is 5.48. The van der Waals surface area contributed by atoms with Crippen molar-refractivity contribution < 1.29 is 13.9 Å². The van der Waals surface area contributed by atoms with E-state index >= 15 is 0 Å². The maximum absolute atomic E-state index is 13.5. The number of aryl methyl sites for hydroxylation is 1. The Morgan fingerprint density at radius 2 is 2.26 bits per heavy atom. The Bertz CT molecular complexity index is 624. The molecule has 0 aliphatic heterocycles. The summed E-state index contributed by atoms with van der Waals surface area (Å²) in [6.45, 7) is 1.73. The van der Waals surface area contributed by atoms with Crippen LogP contribution in [0.3, 0.4) is 0 Å². The summed E-state index contributed by atoms with van der Waals surface area (Å²) in [5.74, 6) is -0.813. The van der Waals surface area contributed by atoms with Gasteiger partial charge in [-0.3, -0.25) is 9.89 Å². The molecule has 0 spiro atoms. The Morgan fingerprint density at radius 3 is 2.79 bits per heavy atom. The second-order valence-corrected chi connectivity index (χ2v) is 3.91. The van der Waals surface area contributed by atoms with Crippen molar-refractivity contribution >= 4 is 17.4 Å². The molecule has 0 saturated carbocycles. The monoisotopic (exact) mass is 264 g/mol. The van der Waals surface area contributed by atoms with Crippen LogP contribution in [-0.2, 0) is 0 Å². The summed E-state index contributed by atoms with van der Waals surface area (Å²) in [7, 11) is 1.35. The standard InChI is InChI=1S/C12H13FN4O2/c1-6-10(14)11(17-16-6)15-12(18)7-3-4-9(19-2)8(13)5-7/h3-5H,14H2,1-2H3,(H2,15,16,17,18). The third-order valence-corrected chi connectivity index (χ3v) is 2.64. The van der Waals surface area contributed by atoms with E-state index in [9.17, 15) is 9.18 Å². The summed E-state index contributed by atoms with van der Waals surface area (Å²) in [5, 5.41) is 8.97. The van der Waals surface area contributed by atoms with Gasteiger partial charge in [0.15, 0.2) is 17.4 Å². The van der Waals surface area contributed by atoms with Gasteiger partial charge in [-0.05, 0) is 25.1 Å². The maximum atomic E-state index is 13.5. The van der Waals surface area contributed by atoms with Crippen LogP contribution in [0.15, 0.2) is 18.2 Å². The highest BCUT2D eigenvalue weighted by atomic mass is 19.1. The zero-order valence-electron chi connectivity index (χ0n) is 10.5. The number of halogens is 1. The number of nitrogens with one attached hydrogen (secondary N) is 2. The summed E-state index contributed by atoms with van der Waals surface area (Å²) >= 11 is 0. The fraction of sp³-hybridized carbons (Fsp3) is 0.167. The topological polar surface area (TPSA) is 93.0 Å². The number of aromatic amines is 1. The average Bonchev–Trinajstić information content (AvgIpc) is 2.70. The maximum Gasteiger partial charge on any atom is 0.257 e. The van der Waals surface area contributed by atoms with Gasteiger partial charge in [-0.1, -0.05) is 0 Å². The lowest BCUT2D eigenvalue weighted by Gasteiger charge is -2.05. The molecule has 1 aromatic carbocycles. The van der Waals surface area contributed by atoms with Gasteiger partial charge in [0.25, 0.3) is 5.91 Å². The van der Waals surface area contributed by atoms with Crippen molar-refractivity contribution in [2.24, 2.45) is 0 Å². The summed E-state index contributed by atoms with van der Waals surface area (Å²) in [5.41, 5.74) is 6.85. The number of rotatable bonds is 3. The largest absolute Gasteiger partial charge is 0.494 e. The van der Waals surface area contributed by atoms with E-state index in [0.717, 1.165) is 6.07 Å². The minimum atomic E-state index is -0.610. The number of amides is 1. The van der Waals surface area contributed by atoms with Crippen molar-refractivity contribution in [1.29, 1.82) is 0 Å². The Labute approximate surface area is 108 Å². The van der Waals surface area contributed by atoms with Gasteiger partial charge in [0.1, 0.15) is 0 Å². The van der Waals surface area contributed by atoms with Crippen molar-refractivity contribution in [3.8, 4) is 5.75 Å². The Kier molecular flexibility index (Phi) is 3.37. The molecule has 2 rings (SSSR count). The lowest BCUT2D eigenvalue weighted by atomic mass is 10.2. The molecule has 1 amide bonds. The highest BCUT2D eigenvalue weighted by Gasteiger charge is 2.14. The molecule has 0 aliphatic carbocycles. The molecule has 2 aromatic rings. The number of nitrogens with two attached hydrogens (primary N) is 1. The molecule has 0 radical (unpaired) electrons. The Hall–Kier alpha value is -2.57. The van der Waals surface area contributed by atoms with E-state index in [-0.39, 0.29) is 17.1 Å². The Morgan fingerprint density at radius 1 is 1.53 bits per heavy atom. The SMILES string of the molecule is COc1ccc(C(=O)Nc2n[nH]c(C)c2N)cc1F. The number of carbonyl (C=O) groups excluding carboxylic acids is 1. The predicted octanol–water partition coefficient (Wildman–Crippen LogP) is 1.70. The summed E-state index contributed by atoms with van der Waals surface area (Å²) in [6, 6.07) is 3.92. The van der Waals surface area contributed by atoms with Crippen molar-refractivity contribution in [2.75, 3.05) is 18.2 Å². The molecule has 0 fully saturated rings. The number of carbonyl (C=O) groups is 1. The van der Waals surface area contributed by atoms with Crippen LogP contribution in [0.2, 0.25) is 0 Å². The summed E-state index contributed by atoms with van der Waals surface area (Å²) in [6.07, 6.45) is 0. The van der Waals surface area contributed by atoms with E-state index in [1.54, 1.807) is 6.92 Å². The molecule has 0 unspecified atom stereocenters. The number of hydrogen-bond donors (Lipinski definition) is 3. The molecule has 0 atom stereocenters. The molecule has 1 aromatic heterocycles.